The van der Waals surface area contributed by atoms with Crippen LogP contribution >= 0.6 is 0 Å². The lowest BCUT2D eigenvalue weighted by Crippen LogP contribution is -2.34. The first-order chi connectivity index (χ1) is 10.3. The normalized spacial score (nSPS) is 26.4. The third-order valence-electron chi connectivity index (χ3n) is 4.63. The third kappa shape index (κ3) is 3.16. The molecule has 3 rings (SSSR count). The molecule has 1 N–H and O–H groups in total. The van der Waals surface area contributed by atoms with Crippen LogP contribution in [0.25, 0.3) is 0 Å². The number of fused-ring (bicyclic) bond motifs is 1. The van der Waals surface area contributed by atoms with E-state index in [2.05, 4.69) is 35.5 Å². The van der Waals surface area contributed by atoms with Crippen molar-refractivity contribution in [3.63, 3.8) is 0 Å². The van der Waals surface area contributed by atoms with E-state index in [0.717, 1.165) is 18.0 Å². The second kappa shape index (κ2) is 6.67. The SMILES string of the molecule is CNCC1CCCCN(C)C1c1ccc2c(c1)OCCO2. The van der Waals surface area contributed by atoms with E-state index in [9.17, 15) is 0 Å². The Morgan fingerprint density at radius 2 is 2.00 bits per heavy atom. The summed E-state index contributed by atoms with van der Waals surface area (Å²) in [6.45, 7) is 3.53. The van der Waals surface area contributed by atoms with Gasteiger partial charge in [0.15, 0.2) is 11.5 Å². The average molecular weight is 290 g/mol. The first kappa shape index (κ1) is 14.7. The lowest BCUT2D eigenvalue weighted by molar-refractivity contribution is 0.167. The average Bonchev–Trinajstić information content (AvgIpc) is 2.69. The summed E-state index contributed by atoms with van der Waals surface area (Å²) >= 11 is 0. The van der Waals surface area contributed by atoms with Gasteiger partial charge in [-0.15, -0.1) is 0 Å². The fraction of sp³-hybridized carbons (Fsp3) is 0.647. The minimum absolute atomic E-state index is 0.454. The number of likely N-dealkylation sites (tertiary alicyclic amines) is 1. The van der Waals surface area contributed by atoms with E-state index in [4.69, 9.17) is 9.47 Å². The van der Waals surface area contributed by atoms with E-state index in [1.54, 1.807) is 0 Å². The summed E-state index contributed by atoms with van der Waals surface area (Å²) in [6, 6.07) is 6.92. The van der Waals surface area contributed by atoms with Crippen molar-refractivity contribution in [3.8, 4) is 11.5 Å². The van der Waals surface area contributed by atoms with Gasteiger partial charge in [0.2, 0.25) is 0 Å². The molecule has 0 aliphatic carbocycles. The van der Waals surface area contributed by atoms with Crippen molar-refractivity contribution in [2.75, 3.05) is 40.4 Å². The molecule has 2 atom stereocenters. The Labute approximate surface area is 127 Å². The zero-order chi connectivity index (χ0) is 14.7. The standard InChI is InChI=1S/C17H26N2O2/c1-18-12-14-5-3-4-8-19(2)17(14)13-6-7-15-16(11-13)21-10-9-20-15/h6-7,11,14,17-18H,3-5,8-10,12H2,1-2H3. The molecule has 0 spiro atoms. The summed E-state index contributed by atoms with van der Waals surface area (Å²) in [5, 5.41) is 3.37. The Morgan fingerprint density at radius 3 is 2.81 bits per heavy atom. The molecule has 0 amide bonds. The summed E-state index contributed by atoms with van der Waals surface area (Å²) in [5.41, 5.74) is 1.35. The minimum atomic E-state index is 0.454. The lowest BCUT2D eigenvalue weighted by Gasteiger charge is -2.33. The number of nitrogens with one attached hydrogen (secondary N) is 1. The number of rotatable bonds is 3. The highest BCUT2D eigenvalue weighted by atomic mass is 16.6. The number of nitrogens with zero attached hydrogens (tertiary/aromatic N) is 1. The van der Waals surface area contributed by atoms with Gasteiger partial charge in [-0.2, -0.15) is 0 Å². The van der Waals surface area contributed by atoms with Crippen molar-refractivity contribution in [2.45, 2.75) is 25.3 Å². The van der Waals surface area contributed by atoms with Crippen LogP contribution in [-0.4, -0.2) is 45.3 Å². The zero-order valence-electron chi connectivity index (χ0n) is 13.1. The maximum atomic E-state index is 5.76. The fourth-order valence-electron chi connectivity index (χ4n) is 3.67. The Morgan fingerprint density at radius 1 is 1.19 bits per heavy atom. The lowest BCUT2D eigenvalue weighted by atomic mass is 9.89. The van der Waals surface area contributed by atoms with Crippen LogP contribution in [-0.2, 0) is 0 Å². The van der Waals surface area contributed by atoms with E-state index < -0.39 is 0 Å². The summed E-state index contributed by atoms with van der Waals surface area (Å²) in [4.78, 5) is 2.50. The number of ether oxygens (including phenoxy) is 2. The summed E-state index contributed by atoms with van der Waals surface area (Å²) in [5.74, 6) is 2.43. The van der Waals surface area contributed by atoms with Crippen LogP contribution in [0.15, 0.2) is 18.2 Å². The maximum absolute atomic E-state index is 5.76. The second-order valence-electron chi connectivity index (χ2n) is 6.14. The van der Waals surface area contributed by atoms with E-state index in [-0.39, 0.29) is 0 Å². The molecule has 1 aromatic carbocycles. The largest absolute Gasteiger partial charge is 0.486 e. The van der Waals surface area contributed by atoms with Crippen molar-refractivity contribution in [2.24, 2.45) is 5.92 Å². The molecule has 2 aliphatic rings. The molecule has 0 bridgehead atoms. The second-order valence-corrected chi connectivity index (χ2v) is 6.14. The number of hydrogen-bond donors (Lipinski definition) is 1. The molecule has 116 valence electrons. The van der Waals surface area contributed by atoms with Gasteiger partial charge in [0.1, 0.15) is 13.2 Å². The van der Waals surface area contributed by atoms with Gasteiger partial charge >= 0.3 is 0 Å². The smallest absolute Gasteiger partial charge is 0.161 e. The molecule has 2 aliphatic heterocycles. The zero-order valence-corrected chi connectivity index (χ0v) is 13.1. The van der Waals surface area contributed by atoms with E-state index in [0.29, 0.717) is 25.2 Å². The highest BCUT2D eigenvalue weighted by molar-refractivity contribution is 5.44. The van der Waals surface area contributed by atoms with Crippen LogP contribution in [0.1, 0.15) is 30.9 Å². The van der Waals surface area contributed by atoms with Crippen molar-refractivity contribution in [1.29, 1.82) is 0 Å². The molecule has 21 heavy (non-hydrogen) atoms. The molecule has 1 aromatic rings. The van der Waals surface area contributed by atoms with Crippen LogP contribution < -0.4 is 14.8 Å². The van der Waals surface area contributed by atoms with Gasteiger partial charge in [-0.1, -0.05) is 12.5 Å². The highest BCUT2D eigenvalue weighted by Gasteiger charge is 2.29. The van der Waals surface area contributed by atoms with E-state index in [1.807, 2.05) is 7.05 Å². The van der Waals surface area contributed by atoms with Crippen molar-refractivity contribution in [1.82, 2.24) is 10.2 Å². The molecule has 4 heteroatoms. The Bertz CT molecular complexity index is 478. The molecule has 0 saturated carbocycles. The predicted molar refractivity (Wildman–Crippen MR) is 84.1 cm³/mol. The molecular formula is C17H26N2O2. The van der Waals surface area contributed by atoms with E-state index >= 15 is 0 Å². The molecule has 4 nitrogen and oxygen atoms in total. The third-order valence-corrected chi connectivity index (χ3v) is 4.63. The maximum Gasteiger partial charge on any atom is 0.161 e. The Kier molecular flexibility index (Phi) is 4.66. The van der Waals surface area contributed by atoms with Crippen molar-refractivity contribution < 1.29 is 9.47 Å². The van der Waals surface area contributed by atoms with Crippen LogP contribution in [0.2, 0.25) is 0 Å². The van der Waals surface area contributed by atoms with Gasteiger partial charge in [0, 0.05) is 6.04 Å². The quantitative estimate of drug-likeness (QED) is 0.927. The monoisotopic (exact) mass is 290 g/mol. The molecule has 2 unspecified atom stereocenters. The van der Waals surface area contributed by atoms with Gasteiger partial charge in [-0.25, -0.2) is 0 Å². The highest BCUT2D eigenvalue weighted by Crippen LogP contribution is 2.38. The number of benzene rings is 1. The van der Waals surface area contributed by atoms with Crippen molar-refractivity contribution in [3.05, 3.63) is 23.8 Å². The summed E-state index contributed by atoms with van der Waals surface area (Å²) in [7, 11) is 4.29. The molecule has 1 saturated heterocycles. The van der Waals surface area contributed by atoms with Gasteiger partial charge in [0.25, 0.3) is 0 Å². The van der Waals surface area contributed by atoms with Crippen molar-refractivity contribution >= 4 is 0 Å². The first-order valence-electron chi connectivity index (χ1n) is 8.04. The Balaban J connectivity index is 1.90. The first-order valence-corrected chi connectivity index (χ1v) is 8.04. The molecular weight excluding hydrogens is 264 g/mol. The van der Waals surface area contributed by atoms with Gasteiger partial charge < -0.3 is 14.8 Å². The van der Waals surface area contributed by atoms with Gasteiger partial charge in [0.05, 0.1) is 0 Å². The van der Waals surface area contributed by atoms with Crippen LogP contribution in [0.4, 0.5) is 0 Å². The van der Waals surface area contributed by atoms with Crippen LogP contribution in [0.3, 0.4) is 0 Å². The molecule has 2 heterocycles. The predicted octanol–water partition coefficient (Wildman–Crippen LogP) is 2.45. The van der Waals surface area contributed by atoms with Gasteiger partial charge in [-0.05, 0) is 63.6 Å². The summed E-state index contributed by atoms with van der Waals surface area (Å²) in [6.07, 6.45) is 3.89. The van der Waals surface area contributed by atoms with Crippen LogP contribution in [0, 0.1) is 5.92 Å². The summed E-state index contributed by atoms with van der Waals surface area (Å²) < 4.78 is 11.4. The topological polar surface area (TPSA) is 33.7 Å². The fourth-order valence-corrected chi connectivity index (χ4v) is 3.67. The number of hydrogen-bond acceptors (Lipinski definition) is 4. The molecule has 1 fully saturated rings. The van der Waals surface area contributed by atoms with Crippen LogP contribution in [0.5, 0.6) is 11.5 Å². The minimum Gasteiger partial charge on any atom is -0.486 e. The molecule has 0 aromatic heterocycles. The Hall–Kier alpha value is -1.26. The van der Waals surface area contributed by atoms with Gasteiger partial charge in [-0.3, -0.25) is 4.90 Å². The van der Waals surface area contributed by atoms with E-state index in [1.165, 1.54) is 31.4 Å². The molecule has 0 radical (unpaired) electrons.